The Morgan fingerprint density at radius 3 is 2.54 bits per heavy atom. The number of hydrogen-bond acceptors (Lipinski definition) is 4. The molecule has 28 heavy (non-hydrogen) atoms. The van der Waals surface area contributed by atoms with Crippen molar-refractivity contribution in [3.63, 3.8) is 0 Å². The molecule has 5 rings (SSSR count). The Kier molecular flexibility index (Phi) is 4.46. The average Bonchev–Trinajstić information content (AvgIpc) is 3.13. The molecule has 1 unspecified atom stereocenters. The van der Waals surface area contributed by atoms with Crippen LogP contribution in [0.2, 0.25) is 0 Å². The van der Waals surface area contributed by atoms with E-state index < -0.39 is 0 Å². The minimum atomic E-state index is -0.0282. The largest absolute Gasteiger partial charge is 0.376 e. The maximum Gasteiger partial charge on any atom is 0.159 e. The third kappa shape index (κ3) is 3.13. The Morgan fingerprint density at radius 2 is 1.75 bits per heavy atom. The lowest BCUT2D eigenvalue weighted by Crippen LogP contribution is -2.41. The molecule has 3 heterocycles. The van der Waals surface area contributed by atoms with Crippen molar-refractivity contribution in [2.24, 2.45) is 0 Å². The van der Waals surface area contributed by atoms with Crippen molar-refractivity contribution in [2.75, 3.05) is 19.7 Å². The minimum absolute atomic E-state index is 0.0282. The second-order valence-corrected chi connectivity index (χ2v) is 8.05. The molecule has 4 nitrogen and oxygen atoms in total. The molecule has 0 bridgehead atoms. The van der Waals surface area contributed by atoms with Crippen molar-refractivity contribution in [3.8, 4) is 11.4 Å². The van der Waals surface area contributed by atoms with Crippen LogP contribution in [-0.4, -0.2) is 34.6 Å². The predicted octanol–water partition coefficient (Wildman–Crippen LogP) is 4.13. The maximum atomic E-state index is 6.05. The Labute approximate surface area is 166 Å². The smallest absolute Gasteiger partial charge is 0.159 e. The van der Waals surface area contributed by atoms with Crippen molar-refractivity contribution in [2.45, 2.75) is 31.9 Å². The monoisotopic (exact) mass is 371 g/mol. The van der Waals surface area contributed by atoms with E-state index in [0.29, 0.717) is 6.61 Å². The number of fused-ring (bicyclic) bond motifs is 2. The van der Waals surface area contributed by atoms with Crippen LogP contribution in [-0.2, 0) is 23.3 Å². The summed E-state index contributed by atoms with van der Waals surface area (Å²) in [6, 6.07) is 21.0. The molecule has 1 atom stereocenters. The van der Waals surface area contributed by atoms with E-state index in [1.807, 2.05) is 18.2 Å². The SMILES string of the molecule is Cc1nc(-c2ccccc2)nc2c1COCC21CCN(Cc2ccccc2)C1. The standard InChI is InChI=1S/C24H25N3O/c1-18-21-15-28-17-24(12-13-27(16-24)14-19-8-4-2-5-9-19)22(21)26-23(25-18)20-10-6-3-7-11-20/h2-11H,12-17H2,1H3. The zero-order valence-electron chi connectivity index (χ0n) is 16.3. The van der Waals surface area contributed by atoms with E-state index in [1.165, 1.54) is 16.8 Å². The van der Waals surface area contributed by atoms with Crippen LogP contribution >= 0.6 is 0 Å². The topological polar surface area (TPSA) is 38.3 Å². The van der Waals surface area contributed by atoms with Crippen LogP contribution in [0, 0.1) is 6.92 Å². The van der Waals surface area contributed by atoms with Gasteiger partial charge in [0.15, 0.2) is 5.82 Å². The Balaban J connectivity index is 1.49. The van der Waals surface area contributed by atoms with E-state index in [1.54, 1.807) is 0 Å². The molecule has 1 spiro atoms. The highest BCUT2D eigenvalue weighted by atomic mass is 16.5. The van der Waals surface area contributed by atoms with Crippen LogP contribution in [0.1, 0.15) is 28.9 Å². The molecule has 0 N–H and O–H groups in total. The summed E-state index contributed by atoms with van der Waals surface area (Å²) in [5, 5.41) is 0. The molecular formula is C24H25N3O. The Morgan fingerprint density at radius 1 is 1.00 bits per heavy atom. The number of aromatic nitrogens is 2. The van der Waals surface area contributed by atoms with Crippen LogP contribution in [0.5, 0.6) is 0 Å². The van der Waals surface area contributed by atoms with Crippen molar-refractivity contribution in [3.05, 3.63) is 83.2 Å². The normalized spacial score (nSPS) is 21.8. The summed E-state index contributed by atoms with van der Waals surface area (Å²) < 4.78 is 6.05. The van der Waals surface area contributed by atoms with Gasteiger partial charge in [-0.15, -0.1) is 0 Å². The second kappa shape index (κ2) is 7.12. The van der Waals surface area contributed by atoms with Crippen molar-refractivity contribution >= 4 is 0 Å². The molecule has 1 fully saturated rings. The second-order valence-electron chi connectivity index (χ2n) is 8.05. The third-order valence-electron chi connectivity index (χ3n) is 6.05. The number of benzene rings is 2. The summed E-state index contributed by atoms with van der Waals surface area (Å²) in [6.45, 7) is 6.49. The first-order chi connectivity index (χ1) is 13.7. The Hall–Kier alpha value is -2.56. The highest BCUT2D eigenvalue weighted by Crippen LogP contribution is 2.40. The number of ether oxygens (including phenoxy) is 1. The summed E-state index contributed by atoms with van der Waals surface area (Å²) in [6.07, 6.45) is 1.08. The molecular weight excluding hydrogens is 346 g/mol. The van der Waals surface area contributed by atoms with Gasteiger partial charge in [-0.2, -0.15) is 0 Å². The van der Waals surface area contributed by atoms with E-state index in [9.17, 15) is 0 Å². The van der Waals surface area contributed by atoms with Gasteiger partial charge in [-0.1, -0.05) is 60.7 Å². The molecule has 0 amide bonds. The van der Waals surface area contributed by atoms with Gasteiger partial charge in [0.05, 0.1) is 24.3 Å². The zero-order valence-corrected chi connectivity index (χ0v) is 16.3. The molecule has 2 aliphatic rings. The lowest BCUT2D eigenvalue weighted by atomic mass is 9.80. The van der Waals surface area contributed by atoms with Gasteiger partial charge in [0.1, 0.15) is 0 Å². The molecule has 3 aromatic rings. The van der Waals surface area contributed by atoms with Gasteiger partial charge in [-0.05, 0) is 25.5 Å². The van der Waals surface area contributed by atoms with Crippen LogP contribution in [0.4, 0.5) is 0 Å². The number of likely N-dealkylation sites (tertiary alicyclic amines) is 1. The molecule has 0 aliphatic carbocycles. The number of nitrogens with zero attached hydrogens (tertiary/aromatic N) is 3. The molecule has 1 saturated heterocycles. The Bertz CT molecular complexity index is 974. The van der Waals surface area contributed by atoms with Gasteiger partial charge >= 0.3 is 0 Å². The fourth-order valence-electron chi connectivity index (χ4n) is 4.59. The zero-order chi connectivity index (χ0) is 19.0. The van der Waals surface area contributed by atoms with Crippen molar-refractivity contribution in [1.82, 2.24) is 14.9 Å². The molecule has 0 radical (unpaired) electrons. The van der Waals surface area contributed by atoms with E-state index in [-0.39, 0.29) is 5.41 Å². The van der Waals surface area contributed by atoms with E-state index in [4.69, 9.17) is 14.7 Å². The fraction of sp³-hybridized carbons (Fsp3) is 0.333. The van der Waals surface area contributed by atoms with Gasteiger partial charge in [0, 0.05) is 29.9 Å². The molecule has 1 aromatic heterocycles. The fourth-order valence-corrected chi connectivity index (χ4v) is 4.59. The van der Waals surface area contributed by atoms with Crippen LogP contribution < -0.4 is 0 Å². The maximum absolute atomic E-state index is 6.05. The van der Waals surface area contributed by atoms with Gasteiger partial charge in [-0.25, -0.2) is 9.97 Å². The lowest BCUT2D eigenvalue weighted by molar-refractivity contribution is 0.0498. The summed E-state index contributed by atoms with van der Waals surface area (Å²) in [7, 11) is 0. The first-order valence-electron chi connectivity index (χ1n) is 10.0. The van der Waals surface area contributed by atoms with Gasteiger partial charge in [0.2, 0.25) is 0 Å². The highest BCUT2D eigenvalue weighted by molar-refractivity contribution is 5.56. The summed E-state index contributed by atoms with van der Waals surface area (Å²) in [4.78, 5) is 12.4. The van der Waals surface area contributed by atoms with Crippen molar-refractivity contribution in [1.29, 1.82) is 0 Å². The first kappa shape index (κ1) is 17.5. The van der Waals surface area contributed by atoms with Crippen LogP contribution in [0.25, 0.3) is 11.4 Å². The van der Waals surface area contributed by atoms with E-state index in [0.717, 1.165) is 49.7 Å². The minimum Gasteiger partial charge on any atom is -0.376 e. The molecule has 2 aliphatic heterocycles. The van der Waals surface area contributed by atoms with Crippen LogP contribution in [0.15, 0.2) is 60.7 Å². The number of hydrogen-bond donors (Lipinski definition) is 0. The summed E-state index contributed by atoms with van der Waals surface area (Å²) in [5.41, 5.74) is 5.85. The quantitative estimate of drug-likeness (QED) is 0.694. The number of aryl methyl sites for hydroxylation is 1. The van der Waals surface area contributed by atoms with E-state index in [2.05, 4.69) is 54.3 Å². The summed E-state index contributed by atoms with van der Waals surface area (Å²) >= 11 is 0. The van der Waals surface area contributed by atoms with E-state index >= 15 is 0 Å². The lowest BCUT2D eigenvalue weighted by Gasteiger charge is -2.35. The van der Waals surface area contributed by atoms with Gasteiger partial charge < -0.3 is 4.74 Å². The molecule has 0 saturated carbocycles. The first-order valence-corrected chi connectivity index (χ1v) is 10.0. The van der Waals surface area contributed by atoms with Gasteiger partial charge in [0.25, 0.3) is 0 Å². The molecule has 4 heteroatoms. The van der Waals surface area contributed by atoms with Crippen molar-refractivity contribution < 1.29 is 4.74 Å². The highest BCUT2D eigenvalue weighted by Gasteiger charge is 2.45. The molecule has 2 aromatic carbocycles. The van der Waals surface area contributed by atoms with Crippen LogP contribution in [0.3, 0.4) is 0 Å². The number of rotatable bonds is 3. The van der Waals surface area contributed by atoms with Gasteiger partial charge in [-0.3, -0.25) is 4.90 Å². The third-order valence-corrected chi connectivity index (χ3v) is 6.05. The predicted molar refractivity (Wildman–Crippen MR) is 110 cm³/mol. The average molecular weight is 371 g/mol. The molecule has 142 valence electrons. The summed E-state index contributed by atoms with van der Waals surface area (Å²) in [5.74, 6) is 0.833.